The zero-order valence-corrected chi connectivity index (χ0v) is 8.46. The van der Waals surface area contributed by atoms with Gasteiger partial charge in [-0.2, -0.15) is 0 Å². The summed E-state index contributed by atoms with van der Waals surface area (Å²) in [6, 6.07) is 0. The van der Waals surface area contributed by atoms with Crippen LogP contribution in [0, 0.1) is 0 Å². The van der Waals surface area contributed by atoms with E-state index >= 15 is 0 Å². The van der Waals surface area contributed by atoms with E-state index in [1.165, 1.54) is 3.58 Å². The van der Waals surface area contributed by atoms with E-state index in [0.717, 1.165) is 32.5 Å². The summed E-state index contributed by atoms with van der Waals surface area (Å²) in [5.74, 6) is -0.231. The summed E-state index contributed by atoms with van der Waals surface area (Å²) in [4.78, 5) is 0. The van der Waals surface area contributed by atoms with Crippen molar-refractivity contribution in [2.24, 2.45) is 0 Å². The first-order valence-corrected chi connectivity index (χ1v) is 5.01. The second-order valence-corrected chi connectivity index (χ2v) is 4.36. The van der Waals surface area contributed by atoms with Gasteiger partial charge in [0.25, 0.3) is 0 Å². The average Bonchev–Trinajstić information content (AvgIpc) is 2.37. The lowest BCUT2D eigenvalue weighted by Gasteiger charge is -2.29. The largest absolute Gasteiger partial charge is 0.347 e. The number of rotatable bonds is 0. The van der Waals surface area contributed by atoms with Crippen LogP contribution in [0.3, 0.4) is 0 Å². The normalized spacial score (nSPS) is 29.0. The van der Waals surface area contributed by atoms with Crippen LogP contribution in [-0.4, -0.2) is 19.0 Å². The van der Waals surface area contributed by atoms with Crippen LogP contribution in [0.4, 0.5) is 0 Å². The molecule has 0 amide bonds. The van der Waals surface area contributed by atoms with Crippen LogP contribution in [0.1, 0.15) is 19.3 Å². The van der Waals surface area contributed by atoms with E-state index in [1.807, 2.05) is 0 Å². The fourth-order valence-electron chi connectivity index (χ4n) is 1.61. The zero-order chi connectivity index (χ0) is 7.73. The number of ether oxygens (including phenoxy) is 2. The first kappa shape index (κ1) is 8.01. The fraction of sp³-hybridized carbons (Fsp3) is 0.750. The average molecular weight is 266 g/mol. The molecule has 1 spiro atoms. The number of allylic oxidation sites excluding steroid dienone is 1. The minimum absolute atomic E-state index is 0.231. The van der Waals surface area contributed by atoms with Crippen LogP contribution in [-0.2, 0) is 9.47 Å². The Labute approximate surface area is 80.1 Å². The van der Waals surface area contributed by atoms with E-state index in [-0.39, 0.29) is 5.79 Å². The third-order valence-electron chi connectivity index (χ3n) is 2.14. The molecule has 62 valence electrons. The van der Waals surface area contributed by atoms with Crippen LogP contribution < -0.4 is 0 Å². The van der Waals surface area contributed by atoms with Crippen LogP contribution in [0.5, 0.6) is 0 Å². The Balaban J connectivity index is 2.09. The van der Waals surface area contributed by atoms with Crippen molar-refractivity contribution in [3.8, 4) is 0 Å². The van der Waals surface area contributed by atoms with Gasteiger partial charge in [-0.25, -0.2) is 0 Å². The molecule has 0 aromatic carbocycles. The predicted octanol–water partition coefficient (Wildman–Crippen LogP) is 2.23. The van der Waals surface area contributed by atoms with Crippen LogP contribution in [0.25, 0.3) is 0 Å². The molecule has 3 heteroatoms. The maximum Gasteiger partial charge on any atom is 0.173 e. The molecule has 0 bridgehead atoms. The molecule has 0 unspecified atom stereocenters. The van der Waals surface area contributed by atoms with Crippen molar-refractivity contribution in [3.63, 3.8) is 0 Å². The molecule has 0 atom stereocenters. The smallest absolute Gasteiger partial charge is 0.173 e. The van der Waals surface area contributed by atoms with Gasteiger partial charge in [0.1, 0.15) is 0 Å². The minimum atomic E-state index is -0.231. The first-order chi connectivity index (χ1) is 5.31. The Bertz CT molecular complexity index is 183. The van der Waals surface area contributed by atoms with Gasteiger partial charge in [0.2, 0.25) is 0 Å². The maximum atomic E-state index is 5.58. The minimum Gasteiger partial charge on any atom is -0.347 e. The molecule has 0 radical (unpaired) electrons. The second-order valence-electron chi connectivity index (χ2n) is 2.97. The molecule has 0 saturated carbocycles. The molecule has 2 aliphatic rings. The second kappa shape index (κ2) is 3.03. The van der Waals surface area contributed by atoms with E-state index in [1.54, 1.807) is 0 Å². The van der Waals surface area contributed by atoms with Gasteiger partial charge in [0.15, 0.2) is 5.79 Å². The highest BCUT2D eigenvalue weighted by Gasteiger charge is 2.37. The molecule has 2 rings (SSSR count). The summed E-state index contributed by atoms with van der Waals surface area (Å²) >= 11 is 2.36. The molecule has 1 saturated heterocycles. The van der Waals surface area contributed by atoms with Gasteiger partial charge in [-0.3, -0.25) is 0 Å². The van der Waals surface area contributed by atoms with Crippen LogP contribution >= 0.6 is 22.6 Å². The monoisotopic (exact) mass is 266 g/mol. The van der Waals surface area contributed by atoms with E-state index in [9.17, 15) is 0 Å². The highest BCUT2D eigenvalue weighted by Crippen LogP contribution is 2.37. The van der Waals surface area contributed by atoms with Crippen LogP contribution in [0.2, 0.25) is 0 Å². The van der Waals surface area contributed by atoms with Crippen LogP contribution in [0.15, 0.2) is 9.66 Å². The van der Waals surface area contributed by atoms with E-state index in [0.29, 0.717) is 0 Å². The van der Waals surface area contributed by atoms with Crippen molar-refractivity contribution in [2.45, 2.75) is 25.0 Å². The molecule has 1 aliphatic heterocycles. The SMILES string of the molecule is IC1=CCCC2(C1)OCCO2. The third kappa shape index (κ3) is 1.60. The molecule has 1 heterocycles. The molecule has 1 fully saturated rings. The molecular formula is C8H11IO2. The summed E-state index contributed by atoms with van der Waals surface area (Å²) in [7, 11) is 0. The topological polar surface area (TPSA) is 18.5 Å². The zero-order valence-electron chi connectivity index (χ0n) is 6.31. The summed E-state index contributed by atoms with van der Waals surface area (Å²) in [6.45, 7) is 1.54. The highest BCUT2D eigenvalue weighted by molar-refractivity contribution is 14.1. The maximum absolute atomic E-state index is 5.58. The van der Waals surface area contributed by atoms with Gasteiger partial charge >= 0.3 is 0 Å². The number of halogens is 1. The molecule has 2 nitrogen and oxygen atoms in total. The van der Waals surface area contributed by atoms with Crippen molar-refractivity contribution < 1.29 is 9.47 Å². The Kier molecular flexibility index (Phi) is 2.21. The Morgan fingerprint density at radius 2 is 2.09 bits per heavy atom. The third-order valence-corrected chi connectivity index (χ3v) is 2.96. The molecular weight excluding hydrogens is 255 g/mol. The van der Waals surface area contributed by atoms with Crippen molar-refractivity contribution in [3.05, 3.63) is 9.66 Å². The van der Waals surface area contributed by atoms with Gasteiger partial charge in [-0.1, -0.05) is 6.08 Å². The summed E-state index contributed by atoms with van der Waals surface area (Å²) in [5.41, 5.74) is 0. The van der Waals surface area contributed by atoms with E-state index < -0.39 is 0 Å². The van der Waals surface area contributed by atoms with E-state index in [4.69, 9.17) is 9.47 Å². The molecule has 0 aromatic heterocycles. The van der Waals surface area contributed by atoms with Crippen molar-refractivity contribution in [1.82, 2.24) is 0 Å². The lowest BCUT2D eigenvalue weighted by molar-refractivity contribution is -0.160. The Morgan fingerprint density at radius 1 is 1.36 bits per heavy atom. The standard InChI is InChI=1S/C8H11IO2/c9-7-2-1-3-8(6-7)10-4-5-11-8/h2H,1,3-6H2. The molecule has 11 heavy (non-hydrogen) atoms. The molecule has 0 N–H and O–H groups in total. The van der Waals surface area contributed by atoms with Gasteiger partial charge < -0.3 is 9.47 Å². The van der Waals surface area contributed by atoms with Crippen molar-refractivity contribution in [1.29, 1.82) is 0 Å². The molecule has 1 aliphatic carbocycles. The Morgan fingerprint density at radius 3 is 2.73 bits per heavy atom. The number of hydrogen-bond acceptors (Lipinski definition) is 2. The predicted molar refractivity (Wildman–Crippen MR) is 50.6 cm³/mol. The summed E-state index contributed by atoms with van der Waals surface area (Å²) < 4.78 is 12.5. The summed E-state index contributed by atoms with van der Waals surface area (Å²) in [6.07, 6.45) is 5.34. The van der Waals surface area contributed by atoms with Gasteiger partial charge in [-0.15, -0.1) is 0 Å². The number of hydrogen-bond donors (Lipinski definition) is 0. The highest BCUT2D eigenvalue weighted by atomic mass is 127. The fourth-order valence-corrected chi connectivity index (χ4v) is 2.50. The quantitative estimate of drug-likeness (QED) is 0.626. The van der Waals surface area contributed by atoms with Gasteiger partial charge in [-0.05, 0) is 32.6 Å². The van der Waals surface area contributed by atoms with Crippen molar-refractivity contribution in [2.75, 3.05) is 13.2 Å². The lowest BCUT2D eigenvalue weighted by Crippen LogP contribution is -2.31. The van der Waals surface area contributed by atoms with Gasteiger partial charge in [0, 0.05) is 12.8 Å². The first-order valence-electron chi connectivity index (χ1n) is 3.93. The van der Waals surface area contributed by atoms with Crippen molar-refractivity contribution >= 4 is 22.6 Å². The Hall–Kier alpha value is 0.390. The van der Waals surface area contributed by atoms with E-state index in [2.05, 4.69) is 28.7 Å². The van der Waals surface area contributed by atoms with Gasteiger partial charge in [0.05, 0.1) is 13.2 Å². The lowest BCUT2D eigenvalue weighted by atomic mass is 10.0. The molecule has 0 aromatic rings. The summed E-state index contributed by atoms with van der Waals surface area (Å²) in [5, 5.41) is 0.